The summed E-state index contributed by atoms with van der Waals surface area (Å²) in [6.07, 6.45) is 1.16. The smallest absolute Gasteiger partial charge is 0.350 e. The standard InChI is InChI=1S/C25H21ClF2N4O5S/c1-2-20(33)32-14-9-30(10-15(32)12-38(35,36)11-14)24-17-8-18(26)21(16-4-3-13(27)7-19(16)28)23-22(17)31(5-6-37-23)25(34)29-24/h2-4,7-8,14-15H,1,5-6,9-12H2. The molecular formula is C25H21ClF2N4O5S. The predicted octanol–water partition coefficient (Wildman–Crippen LogP) is 2.39. The van der Waals surface area contributed by atoms with Crippen LogP contribution in [0.5, 0.6) is 5.75 Å². The topological polar surface area (TPSA) is 102 Å². The lowest BCUT2D eigenvalue weighted by Gasteiger charge is -2.49. The molecule has 3 aliphatic rings. The summed E-state index contributed by atoms with van der Waals surface area (Å²) in [4.78, 5) is 33.3. The highest BCUT2D eigenvalue weighted by molar-refractivity contribution is 7.91. The number of benzene rings is 2. The summed E-state index contributed by atoms with van der Waals surface area (Å²) in [5.74, 6) is -1.95. The van der Waals surface area contributed by atoms with Crippen LogP contribution in [0.1, 0.15) is 0 Å². The highest BCUT2D eigenvalue weighted by Crippen LogP contribution is 2.46. The molecular weight excluding hydrogens is 542 g/mol. The highest BCUT2D eigenvalue weighted by Gasteiger charge is 2.46. The minimum absolute atomic E-state index is 0.0175. The van der Waals surface area contributed by atoms with Gasteiger partial charge in [-0.05, 0) is 24.3 Å². The van der Waals surface area contributed by atoms with E-state index in [0.717, 1.165) is 18.2 Å². The summed E-state index contributed by atoms with van der Waals surface area (Å²) < 4.78 is 60.7. The molecule has 0 aliphatic carbocycles. The maximum absolute atomic E-state index is 14.8. The van der Waals surface area contributed by atoms with E-state index in [1.807, 2.05) is 0 Å². The second-order valence-electron chi connectivity index (χ2n) is 9.54. The third-order valence-electron chi connectivity index (χ3n) is 7.18. The summed E-state index contributed by atoms with van der Waals surface area (Å²) in [6.45, 7) is 4.08. The van der Waals surface area contributed by atoms with Crippen LogP contribution in [0, 0.1) is 11.6 Å². The highest BCUT2D eigenvalue weighted by atomic mass is 35.5. The molecule has 198 valence electrons. The molecule has 38 heavy (non-hydrogen) atoms. The van der Waals surface area contributed by atoms with E-state index < -0.39 is 39.2 Å². The first kappa shape index (κ1) is 24.8. The van der Waals surface area contributed by atoms with Crippen molar-refractivity contribution in [3.05, 3.63) is 64.1 Å². The SMILES string of the molecule is C=CC(=O)N1C2CN(c3nc(=O)n4c5c(c(-c6ccc(F)cc6F)c(Cl)cc35)OCC4)CC1CS(=O)(=O)C2. The van der Waals surface area contributed by atoms with Gasteiger partial charge in [0.05, 0.1) is 40.7 Å². The van der Waals surface area contributed by atoms with Crippen molar-refractivity contribution in [2.75, 3.05) is 36.1 Å². The molecule has 1 aromatic heterocycles. The van der Waals surface area contributed by atoms with Crippen LogP contribution in [0.4, 0.5) is 14.6 Å². The van der Waals surface area contributed by atoms with Gasteiger partial charge in [-0.3, -0.25) is 9.36 Å². The van der Waals surface area contributed by atoms with Crippen molar-refractivity contribution < 1.29 is 26.7 Å². The van der Waals surface area contributed by atoms with Gasteiger partial charge in [0.1, 0.15) is 24.1 Å². The molecule has 2 unspecified atom stereocenters. The van der Waals surface area contributed by atoms with E-state index in [-0.39, 0.29) is 71.4 Å². The van der Waals surface area contributed by atoms with Gasteiger partial charge in [0.2, 0.25) is 5.91 Å². The van der Waals surface area contributed by atoms with Crippen LogP contribution in [0.25, 0.3) is 22.0 Å². The fourth-order valence-corrected chi connectivity index (χ4v) is 7.89. The number of nitrogens with zero attached hydrogens (tertiary/aromatic N) is 4. The number of piperazine rings is 1. The Morgan fingerprint density at radius 1 is 1.18 bits per heavy atom. The van der Waals surface area contributed by atoms with Gasteiger partial charge < -0.3 is 14.5 Å². The molecule has 2 aromatic carbocycles. The number of hydrogen-bond acceptors (Lipinski definition) is 7. The van der Waals surface area contributed by atoms with Crippen molar-refractivity contribution in [2.45, 2.75) is 18.6 Å². The van der Waals surface area contributed by atoms with E-state index >= 15 is 0 Å². The minimum atomic E-state index is -3.38. The lowest BCUT2D eigenvalue weighted by atomic mass is 10.00. The van der Waals surface area contributed by atoms with E-state index in [2.05, 4.69) is 11.6 Å². The Hall–Kier alpha value is -3.51. The number of ether oxygens (including phenoxy) is 1. The lowest BCUT2D eigenvalue weighted by Crippen LogP contribution is -2.67. The third kappa shape index (κ3) is 3.85. The van der Waals surface area contributed by atoms with E-state index in [4.69, 9.17) is 16.3 Å². The van der Waals surface area contributed by atoms with Crippen LogP contribution in [0.15, 0.2) is 41.7 Å². The van der Waals surface area contributed by atoms with E-state index in [9.17, 15) is 26.8 Å². The summed E-state index contributed by atoms with van der Waals surface area (Å²) in [6, 6.07) is 3.34. The van der Waals surface area contributed by atoms with Crippen LogP contribution in [0.2, 0.25) is 5.02 Å². The number of carbonyl (C=O) groups is 1. The molecule has 2 atom stereocenters. The Balaban J connectivity index is 1.53. The van der Waals surface area contributed by atoms with Gasteiger partial charge in [-0.1, -0.05) is 18.2 Å². The average Bonchev–Trinajstić information content (AvgIpc) is 2.85. The molecule has 9 nitrogen and oxygen atoms in total. The number of sulfone groups is 1. The first-order valence-electron chi connectivity index (χ1n) is 11.8. The van der Waals surface area contributed by atoms with Crippen LogP contribution in [0.3, 0.4) is 0 Å². The zero-order valence-electron chi connectivity index (χ0n) is 19.9. The molecule has 0 radical (unpaired) electrons. The van der Waals surface area contributed by atoms with Crippen LogP contribution >= 0.6 is 11.6 Å². The van der Waals surface area contributed by atoms with Crippen molar-refractivity contribution in [2.24, 2.45) is 0 Å². The summed E-state index contributed by atoms with van der Waals surface area (Å²) in [7, 11) is -3.38. The molecule has 3 aromatic rings. The quantitative estimate of drug-likeness (QED) is 0.452. The molecule has 2 bridgehead atoms. The van der Waals surface area contributed by atoms with Crippen molar-refractivity contribution >= 4 is 44.1 Å². The number of amides is 1. The normalized spacial score (nSPS) is 21.8. The first-order valence-corrected chi connectivity index (χ1v) is 14.0. The molecule has 2 fully saturated rings. The number of carbonyl (C=O) groups excluding carboxylic acids is 1. The van der Waals surface area contributed by atoms with Crippen molar-refractivity contribution in [1.29, 1.82) is 0 Å². The Kier molecular flexibility index (Phi) is 5.72. The summed E-state index contributed by atoms with van der Waals surface area (Å²) in [5.41, 5.74) is -0.00101. The second kappa shape index (κ2) is 8.77. The Morgan fingerprint density at radius 3 is 2.55 bits per heavy atom. The molecule has 6 rings (SSSR count). The number of fused-ring (bicyclic) bond motifs is 2. The van der Waals surface area contributed by atoms with Gasteiger partial charge >= 0.3 is 5.69 Å². The van der Waals surface area contributed by atoms with Gasteiger partial charge in [-0.15, -0.1) is 0 Å². The lowest BCUT2D eigenvalue weighted by molar-refractivity contribution is -0.130. The summed E-state index contributed by atoms with van der Waals surface area (Å²) in [5, 5.41) is 0.566. The Bertz CT molecular complexity index is 1690. The van der Waals surface area contributed by atoms with E-state index in [1.54, 1.807) is 11.0 Å². The van der Waals surface area contributed by atoms with Crippen molar-refractivity contribution in [3.63, 3.8) is 0 Å². The molecule has 0 N–H and O–H groups in total. The fraction of sp³-hybridized carbons (Fsp3) is 0.320. The average molecular weight is 563 g/mol. The molecule has 0 spiro atoms. The Labute approximate surface area is 220 Å². The number of halogens is 3. The Morgan fingerprint density at radius 2 is 1.89 bits per heavy atom. The molecule has 1 amide bonds. The monoisotopic (exact) mass is 562 g/mol. The minimum Gasteiger partial charge on any atom is -0.489 e. The number of hydrogen-bond donors (Lipinski definition) is 0. The third-order valence-corrected chi connectivity index (χ3v) is 9.27. The van der Waals surface area contributed by atoms with Crippen LogP contribution < -0.4 is 15.3 Å². The van der Waals surface area contributed by atoms with Gasteiger partial charge in [-0.25, -0.2) is 22.0 Å². The molecule has 0 saturated carbocycles. The van der Waals surface area contributed by atoms with Gasteiger partial charge in [0, 0.05) is 35.7 Å². The largest absolute Gasteiger partial charge is 0.489 e. The zero-order valence-corrected chi connectivity index (χ0v) is 21.4. The van der Waals surface area contributed by atoms with Gasteiger partial charge in [-0.2, -0.15) is 4.98 Å². The zero-order chi connectivity index (χ0) is 26.9. The van der Waals surface area contributed by atoms with E-state index in [1.165, 1.54) is 15.5 Å². The number of anilines is 1. The van der Waals surface area contributed by atoms with Crippen LogP contribution in [-0.4, -0.2) is 72.1 Å². The number of aromatic nitrogens is 2. The molecule has 4 heterocycles. The molecule has 3 aliphatic heterocycles. The van der Waals surface area contributed by atoms with Crippen LogP contribution in [-0.2, 0) is 21.2 Å². The summed E-state index contributed by atoms with van der Waals surface area (Å²) >= 11 is 6.66. The maximum Gasteiger partial charge on any atom is 0.350 e. The second-order valence-corrected chi connectivity index (χ2v) is 12.1. The van der Waals surface area contributed by atoms with Crippen molar-refractivity contribution in [3.8, 4) is 16.9 Å². The number of rotatable bonds is 3. The first-order chi connectivity index (χ1) is 18.1. The molecule has 13 heteroatoms. The molecule has 2 saturated heterocycles. The predicted molar refractivity (Wildman–Crippen MR) is 137 cm³/mol. The van der Waals surface area contributed by atoms with Crippen molar-refractivity contribution in [1.82, 2.24) is 14.5 Å². The fourth-order valence-electron chi connectivity index (χ4n) is 5.75. The maximum atomic E-state index is 14.8. The van der Waals surface area contributed by atoms with Gasteiger partial charge in [0.25, 0.3) is 0 Å². The van der Waals surface area contributed by atoms with E-state index in [0.29, 0.717) is 10.9 Å². The van der Waals surface area contributed by atoms with Gasteiger partial charge in [0.15, 0.2) is 15.6 Å².